The predicted molar refractivity (Wildman–Crippen MR) is 116 cm³/mol. The van der Waals surface area contributed by atoms with Crippen LogP contribution in [0, 0.1) is 6.92 Å². The first kappa shape index (κ1) is 22.4. The molecule has 0 radical (unpaired) electrons. The second-order valence-corrected chi connectivity index (χ2v) is 9.17. The molecule has 0 unspecified atom stereocenters. The minimum absolute atomic E-state index is 0.0263. The van der Waals surface area contributed by atoms with Crippen LogP contribution >= 0.6 is 0 Å². The molecule has 0 atom stereocenters. The minimum Gasteiger partial charge on any atom is -0.318 e. The second kappa shape index (κ2) is 9.27. The lowest BCUT2D eigenvalue weighted by Crippen LogP contribution is -2.47. The number of carbonyl (C=O) groups is 2. The van der Waals surface area contributed by atoms with Gasteiger partial charge in [-0.15, -0.1) is 0 Å². The van der Waals surface area contributed by atoms with E-state index in [1.54, 1.807) is 16.7 Å². The summed E-state index contributed by atoms with van der Waals surface area (Å²) in [5.41, 5.74) is 7.14. The third-order valence-corrected chi connectivity index (χ3v) is 6.61. The molecule has 0 aliphatic carbocycles. The number of rotatable bonds is 7. The first-order valence-electron chi connectivity index (χ1n) is 9.77. The lowest BCUT2D eigenvalue weighted by atomic mass is 10.2. The number of sulfonamides is 1. The Morgan fingerprint density at radius 2 is 1.68 bits per heavy atom. The van der Waals surface area contributed by atoms with E-state index >= 15 is 0 Å². The summed E-state index contributed by atoms with van der Waals surface area (Å²) in [4.78, 5) is 29.1. The standard InChI is InChI=1S/C21H25N5O4S/c1-4-19-22-17-7-5-6-8-18(17)26(19)14-21(28)24-23-20(27)13-25(3)31(29,30)16-11-9-15(2)10-12-16/h5-12H,4,13-14H2,1-3H3,(H,23,27)(H,24,28). The summed E-state index contributed by atoms with van der Waals surface area (Å²) in [6, 6.07) is 13.8. The number of carbonyl (C=O) groups excluding carboxylic acids is 2. The first-order chi connectivity index (χ1) is 14.7. The van der Waals surface area contributed by atoms with Crippen LogP contribution in [0.15, 0.2) is 53.4 Å². The molecule has 1 heterocycles. The number of hydrazine groups is 1. The number of nitrogens with zero attached hydrogens (tertiary/aromatic N) is 3. The summed E-state index contributed by atoms with van der Waals surface area (Å²) in [6.45, 7) is 3.33. The smallest absolute Gasteiger partial charge is 0.258 e. The lowest BCUT2D eigenvalue weighted by molar-refractivity contribution is -0.129. The van der Waals surface area contributed by atoms with E-state index in [0.29, 0.717) is 6.42 Å². The van der Waals surface area contributed by atoms with Crippen molar-refractivity contribution in [3.8, 4) is 0 Å². The Labute approximate surface area is 181 Å². The van der Waals surface area contributed by atoms with Gasteiger partial charge in [0.2, 0.25) is 10.0 Å². The van der Waals surface area contributed by atoms with Gasteiger partial charge in [0.25, 0.3) is 11.8 Å². The van der Waals surface area contributed by atoms with Crippen LogP contribution in [-0.4, -0.2) is 47.7 Å². The average molecular weight is 444 g/mol. The molecule has 31 heavy (non-hydrogen) atoms. The van der Waals surface area contributed by atoms with E-state index in [4.69, 9.17) is 0 Å². The van der Waals surface area contributed by atoms with Crippen LogP contribution in [0.4, 0.5) is 0 Å². The van der Waals surface area contributed by atoms with Gasteiger partial charge < -0.3 is 4.57 Å². The van der Waals surface area contributed by atoms with Gasteiger partial charge >= 0.3 is 0 Å². The van der Waals surface area contributed by atoms with E-state index in [0.717, 1.165) is 26.7 Å². The number of para-hydroxylation sites is 2. The highest BCUT2D eigenvalue weighted by Gasteiger charge is 2.23. The summed E-state index contributed by atoms with van der Waals surface area (Å²) in [5, 5.41) is 0. The zero-order chi connectivity index (χ0) is 22.6. The van der Waals surface area contributed by atoms with Crippen molar-refractivity contribution >= 4 is 32.9 Å². The Bertz CT molecular complexity index is 1200. The zero-order valence-electron chi connectivity index (χ0n) is 17.6. The third kappa shape index (κ3) is 5.09. The number of aryl methyl sites for hydroxylation is 2. The van der Waals surface area contributed by atoms with Crippen LogP contribution in [0.3, 0.4) is 0 Å². The van der Waals surface area contributed by atoms with Crippen molar-refractivity contribution < 1.29 is 18.0 Å². The van der Waals surface area contributed by atoms with Gasteiger partial charge in [0, 0.05) is 13.5 Å². The number of likely N-dealkylation sites (N-methyl/N-ethyl adjacent to an activating group) is 1. The zero-order valence-corrected chi connectivity index (χ0v) is 18.4. The Hall–Kier alpha value is -3.24. The maximum atomic E-state index is 12.6. The van der Waals surface area contributed by atoms with Crippen LogP contribution < -0.4 is 10.9 Å². The van der Waals surface area contributed by atoms with Crippen LogP contribution in [-0.2, 0) is 32.6 Å². The molecule has 3 rings (SSSR count). The number of fused-ring (bicyclic) bond motifs is 1. The molecule has 2 aromatic carbocycles. The monoisotopic (exact) mass is 443 g/mol. The SMILES string of the molecule is CCc1nc2ccccc2n1CC(=O)NNC(=O)CN(C)S(=O)(=O)c1ccc(C)cc1. The topological polar surface area (TPSA) is 113 Å². The summed E-state index contributed by atoms with van der Waals surface area (Å²) in [7, 11) is -2.51. The molecular formula is C21H25N5O4S. The molecule has 0 saturated heterocycles. The number of hydrogen-bond donors (Lipinski definition) is 2. The Balaban J connectivity index is 1.58. The molecule has 2 amide bonds. The van der Waals surface area contributed by atoms with Gasteiger partial charge in [-0.2, -0.15) is 4.31 Å². The Morgan fingerprint density at radius 3 is 2.35 bits per heavy atom. The molecule has 9 nitrogen and oxygen atoms in total. The number of nitrogens with one attached hydrogen (secondary N) is 2. The average Bonchev–Trinajstić information content (AvgIpc) is 3.10. The molecular weight excluding hydrogens is 418 g/mol. The van der Waals surface area contributed by atoms with Gasteiger partial charge in [0.15, 0.2) is 0 Å². The van der Waals surface area contributed by atoms with Gasteiger partial charge in [0.1, 0.15) is 12.4 Å². The number of amides is 2. The maximum Gasteiger partial charge on any atom is 0.258 e. The number of imidazole rings is 1. The van der Waals surface area contributed by atoms with Crippen molar-refractivity contribution in [2.45, 2.75) is 31.7 Å². The van der Waals surface area contributed by atoms with Crippen LogP contribution in [0.2, 0.25) is 0 Å². The third-order valence-electron chi connectivity index (χ3n) is 4.79. The van der Waals surface area contributed by atoms with Crippen LogP contribution in [0.1, 0.15) is 18.3 Å². The van der Waals surface area contributed by atoms with Gasteiger partial charge in [0.05, 0.1) is 22.5 Å². The summed E-state index contributed by atoms with van der Waals surface area (Å²) >= 11 is 0. The summed E-state index contributed by atoms with van der Waals surface area (Å²) < 4.78 is 27.9. The molecule has 1 aromatic heterocycles. The van der Waals surface area contributed by atoms with E-state index in [1.165, 1.54) is 19.2 Å². The summed E-state index contributed by atoms with van der Waals surface area (Å²) in [6.07, 6.45) is 0.649. The number of aromatic nitrogens is 2. The molecule has 0 aliphatic heterocycles. The Kier molecular flexibility index (Phi) is 6.71. The van der Waals surface area contributed by atoms with Crippen molar-refractivity contribution in [3.05, 3.63) is 59.9 Å². The quantitative estimate of drug-likeness (QED) is 0.536. The van der Waals surface area contributed by atoms with Crippen molar-refractivity contribution in [1.82, 2.24) is 24.7 Å². The van der Waals surface area contributed by atoms with Gasteiger partial charge in [-0.05, 0) is 31.2 Å². The van der Waals surface area contributed by atoms with Crippen molar-refractivity contribution in [2.75, 3.05) is 13.6 Å². The number of benzene rings is 2. The van der Waals surface area contributed by atoms with E-state index in [1.807, 2.05) is 38.1 Å². The van der Waals surface area contributed by atoms with Crippen molar-refractivity contribution in [1.29, 1.82) is 0 Å². The largest absolute Gasteiger partial charge is 0.318 e. The van der Waals surface area contributed by atoms with Gasteiger partial charge in [-0.3, -0.25) is 20.4 Å². The molecule has 0 bridgehead atoms. The fourth-order valence-electron chi connectivity index (χ4n) is 3.11. The highest BCUT2D eigenvalue weighted by atomic mass is 32.2. The fraction of sp³-hybridized carbons (Fsp3) is 0.286. The molecule has 0 aliphatic rings. The number of hydrogen-bond acceptors (Lipinski definition) is 5. The molecule has 0 spiro atoms. The molecule has 3 aromatic rings. The van der Waals surface area contributed by atoms with Crippen molar-refractivity contribution in [2.24, 2.45) is 0 Å². The minimum atomic E-state index is -3.82. The lowest BCUT2D eigenvalue weighted by Gasteiger charge is -2.17. The molecule has 2 N–H and O–H groups in total. The van der Waals surface area contributed by atoms with Crippen LogP contribution in [0.5, 0.6) is 0 Å². The molecule has 164 valence electrons. The Morgan fingerprint density at radius 1 is 1.03 bits per heavy atom. The normalized spacial score (nSPS) is 11.6. The summed E-state index contributed by atoms with van der Waals surface area (Å²) in [5.74, 6) is -0.348. The molecule has 0 saturated carbocycles. The highest BCUT2D eigenvalue weighted by molar-refractivity contribution is 7.89. The van der Waals surface area contributed by atoms with Crippen molar-refractivity contribution in [3.63, 3.8) is 0 Å². The second-order valence-electron chi connectivity index (χ2n) is 7.13. The van der Waals surface area contributed by atoms with E-state index < -0.39 is 28.4 Å². The van der Waals surface area contributed by atoms with Gasteiger partial charge in [-0.1, -0.05) is 36.8 Å². The van der Waals surface area contributed by atoms with Crippen LogP contribution in [0.25, 0.3) is 11.0 Å². The molecule has 10 heteroatoms. The maximum absolute atomic E-state index is 12.6. The highest BCUT2D eigenvalue weighted by Crippen LogP contribution is 2.16. The van der Waals surface area contributed by atoms with E-state index in [-0.39, 0.29) is 11.4 Å². The predicted octanol–water partition coefficient (Wildman–Crippen LogP) is 1.38. The molecule has 0 fully saturated rings. The van der Waals surface area contributed by atoms with E-state index in [9.17, 15) is 18.0 Å². The fourth-order valence-corrected chi connectivity index (χ4v) is 4.24. The van der Waals surface area contributed by atoms with Gasteiger partial charge in [-0.25, -0.2) is 13.4 Å². The van der Waals surface area contributed by atoms with E-state index in [2.05, 4.69) is 15.8 Å². The first-order valence-corrected chi connectivity index (χ1v) is 11.2.